The number of hydrogen-bond donors (Lipinski definition) is 0. The van der Waals surface area contributed by atoms with Crippen LogP contribution in [0.15, 0.2) is 60.7 Å². The maximum Gasteiger partial charge on any atom is 0.194 e. The minimum absolute atomic E-state index is 0.0641. The maximum atomic E-state index is 12.1. The monoisotopic (exact) mass is 356 g/mol. The van der Waals surface area contributed by atoms with Crippen LogP contribution in [0.5, 0.6) is 0 Å². The molecule has 0 amide bonds. The highest BCUT2D eigenvalue weighted by Crippen LogP contribution is 2.26. The number of benzene rings is 3. The molecular formula is C24H20O3. The minimum Gasteiger partial charge on any atom is -0.298 e. The Balaban J connectivity index is 0.000000168. The van der Waals surface area contributed by atoms with Crippen LogP contribution in [0.3, 0.4) is 0 Å². The lowest BCUT2D eigenvalue weighted by Gasteiger charge is -2.16. The van der Waals surface area contributed by atoms with E-state index in [0.717, 1.165) is 23.0 Å². The molecule has 0 aromatic heterocycles. The van der Waals surface area contributed by atoms with Crippen LogP contribution >= 0.6 is 0 Å². The number of carbonyl (C=O) groups excluding carboxylic acids is 3. The summed E-state index contributed by atoms with van der Waals surface area (Å²) in [6, 6.07) is 18.0. The van der Waals surface area contributed by atoms with E-state index in [0.29, 0.717) is 22.3 Å². The Morgan fingerprint density at radius 3 is 1.26 bits per heavy atom. The predicted molar refractivity (Wildman–Crippen MR) is 106 cm³/mol. The average Bonchev–Trinajstić information content (AvgIpc) is 2.66. The summed E-state index contributed by atoms with van der Waals surface area (Å²) in [6.45, 7) is 5.96. The van der Waals surface area contributed by atoms with Crippen LogP contribution in [0.2, 0.25) is 0 Å². The molecule has 3 aromatic rings. The van der Waals surface area contributed by atoms with E-state index in [2.05, 4.69) is 0 Å². The maximum absolute atomic E-state index is 12.1. The van der Waals surface area contributed by atoms with Crippen molar-refractivity contribution in [2.45, 2.75) is 20.8 Å². The van der Waals surface area contributed by atoms with Gasteiger partial charge < -0.3 is 0 Å². The third kappa shape index (κ3) is 3.49. The Labute approximate surface area is 158 Å². The van der Waals surface area contributed by atoms with Crippen LogP contribution in [0.25, 0.3) is 0 Å². The third-order valence-electron chi connectivity index (χ3n) is 4.69. The molecule has 0 saturated carbocycles. The van der Waals surface area contributed by atoms with Gasteiger partial charge in [0.15, 0.2) is 17.9 Å². The van der Waals surface area contributed by atoms with E-state index in [-0.39, 0.29) is 11.6 Å². The molecule has 1 aliphatic carbocycles. The molecule has 0 saturated heterocycles. The molecule has 3 aromatic carbocycles. The minimum atomic E-state index is -0.0641. The van der Waals surface area contributed by atoms with Crippen molar-refractivity contribution in [1.82, 2.24) is 0 Å². The van der Waals surface area contributed by atoms with E-state index in [1.807, 2.05) is 32.9 Å². The lowest BCUT2D eigenvalue weighted by molar-refractivity contribution is 0.0979. The smallest absolute Gasteiger partial charge is 0.194 e. The number of rotatable bonds is 1. The zero-order chi connectivity index (χ0) is 19.6. The van der Waals surface area contributed by atoms with Gasteiger partial charge >= 0.3 is 0 Å². The second-order valence-electron chi connectivity index (χ2n) is 6.68. The lowest BCUT2D eigenvalue weighted by Crippen LogP contribution is -2.20. The van der Waals surface area contributed by atoms with Crippen LogP contribution in [0, 0.1) is 20.8 Å². The molecule has 0 unspecified atom stereocenters. The van der Waals surface area contributed by atoms with Crippen molar-refractivity contribution >= 4 is 17.9 Å². The van der Waals surface area contributed by atoms with Crippen molar-refractivity contribution in [3.63, 3.8) is 0 Å². The van der Waals surface area contributed by atoms with Crippen molar-refractivity contribution in [2.75, 3.05) is 0 Å². The van der Waals surface area contributed by atoms with Gasteiger partial charge in [0.25, 0.3) is 0 Å². The number of aryl methyl sites for hydroxylation is 3. The highest BCUT2D eigenvalue weighted by Gasteiger charge is 2.28. The summed E-state index contributed by atoms with van der Waals surface area (Å²) in [4.78, 5) is 34.8. The molecule has 0 N–H and O–H groups in total. The molecule has 0 aliphatic heterocycles. The number of carbonyl (C=O) groups is 3. The molecule has 3 nitrogen and oxygen atoms in total. The molecule has 0 spiro atoms. The van der Waals surface area contributed by atoms with Gasteiger partial charge in [-0.15, -0.1) is 0 Å². The van der Waals surface area contributed by atoms with Crippen molar-refractivity contribution < 1.29 is 14.4 Å². The molecule has 1 aliphatic rings. The standard InChI is InChI=1S/C14H8O2.C10H12O/c15-13-9-5-1-2-6-10(9)14(16)12-8-4-3-7-11(12)13;1-7-4-8(2)10(6-11)9(3)5-7/h1-8H;4-6H,1-3H3. The van der Waals surface area contributed by atoms with Crippen molar-refractivity contribution in [1.29, 1.82) is 0 Å². The quantitative estimate of drug-likeness (QED) is 0.457. The van der Waals surface area contributed by atoms with Gasteiger partial charge in [-0.1, -0.05) is 66.2 Å². The first-order valence-electron chi connectivity index (χ1n) is 8.74. The molecule has 27 heavy (non-hydrogen) atoms. The highest BCUT2D eigenvalue weighted by atomic mass is 16.1. The van der Waals surface area contributed by atoms with Gasteiger partial charge in [-0.3, -0.25) is 14.4 Å². The van der Waals surface area contributed by atoms with Gasteiger partial charge in [-0.25, -0.2) is 0 Å². The first kappa shape index (κ1) is 18.5. The van der Waals surface area contributed by atoms with Crippen molar-refractivity contribution in [3.8, 4) is 0 Å². The lowest BCUT2D eigenvalue weighted by atomic mass is 9.84. The van der Waals surface area contributed by atoms with Crippen LogP contribution in [-0.4, -0.2) is 17.9 Å². The topological polar surface area (TPSA) is 51.2 Å². The zero-order valence-electron chi connectivity index (χ0n) is 15.6. The van der Waals surface area contributed by atoms with Crippen LogP contribution in [0.1, 0.15) is 58.9 Å². The van der Waals surface area contributed by atoms with E-state index in [1.165, 1.54) is 5.56 Å². The van der Waals surface area contributed by atoms with Crippen molar-refractivity contribution in [3.05, 3.63) is 105 Å². The zero-order valence-corrected chi connectivity index (χ0v) is 15.6. The van der Waals surface area contributed by atoms with E-state index in [4.69, 9.17) is 0 Å². The van der Waals surface area contributed by atoms with E-state index >= 15 is 0 Å². The normalized spacial score (nSPS) is 11.8. The summed E-state index contributed by atoms with van der Waals surface area (Å²) in [5, 5.41) is 0. The SMILES string of the molecule is Cc1cc(C)c(C=O)c(C)c1.O=C1c2ccccc2C(=O)c2ccccc21. The fourth-order valence-corrected chi connectivity index (χ4v) is 3.43. The molecule has 0 bridgehead atoms. The molecule has 0 atom stereocenters. The third-order valence-corrected chi connectivity index (χ3v) is 4.69. The Bertz CT molecular complexity index is 932. The number of aldehydes is 1. The Kier molecular flexibility index (Phi) is 5.13. The first-order valence-corrected chi connectivity index (χ1v) is 8.74. The second kappa shape index (κ2) is 7.50. The van der Waals surface area contributed by atoms with E-state index in [1.54, 1.807) is 48.5 Å². The first-order chi connectivity index (χ1) is 12.9. The van der Waals surface area contributed by atoms with Gasteiger partial charge in [-0.05, 0) is 31.9 Å². The molecule has 4 rings (SSSR count). The fourth-order valence-electron chi connectivity index (χ4n) is 3.43. The summed E-state index contributed by atoms with van der Waals surface area (Å²) in [6.07, 6.45) is 0.921. The van der Waals surface area contributed by atoms with E-state index < -0.39 is 0 Å². The Morgan fingerprint density at radius 2 is 0.963 bits per heavy atom. The Hall–Kier alpha value is -3.33. The average molecular weight is 356 g/mol. The number of fused-ring (bicyclic) bond motifs is 2. The van der Waals surface area contributed by atoms with Crippen molar-refractivity contribution in [2.24, 2.45) is 0 Å². The fraction of sp³-hybridized carbons (Fsp3) is 0.125. The van der Waals surface area contributed by atoms with Gasteiger partial charge in [0.1, 0.15) is 0 Å². The van der Waals surface area contributed by atoms with Gasteiger partial charge in [0, 0.05) is 27.8 Å². The van der Waals surface area contributed by atoms with Gasteiger partial charge in [0.05, 0.1) is 0 Å². The van der Waals surface area contributed by atoms with Gasteiger partial charge in [0.2, 0.25) is 0 Å². The summed E-state index contributed by atoms with van der Waals surface area (Å²) < 4.78 is 0. The molecule has 134 valence electrons. The Morgan fingerprint density at radius 1 is 0.630 bits per heavy atom. The second-order valence-corrected chi connectivity index (χ2v) is 6.68. The summed E-state index contributed by atoms with van der Waals surface area (Å²) in [7, 11) is 0. The van der Waals surface area contributed by atoms with Crippen LogP contribution in [0.4, 0.5) is 0 Å². The molecule has 3 heteroatoms. The summed E-state index contributed by atoms with van der Waals surface area (Å²) in [5.74, 6) is -0.128. The highest BCUT2D eigenvalue weighted by molar-refractivity contribution is 6.28. The summed E-state index contributed by atoms with van der Waals surface area (Å²) in [5.41, 5.74) is 6.20. The number of ketones is 2. The number of hydrogen-bond acceptors (Lipinski definition) is 3. The largest absolute Gasteiger partial charge is 0.298 e. The molecule has 0 fully saturated rings. The van der Waals surface area contributed by atoms with Crippen LogP contribution in [-0.2, 0) is 0 Å². The molecular weight excluding hydrogens is 336 g/mol. The van der Waals surface area contributed by atoms with Gasteiger partial charge in [-0.2, -0.15) is 0 Å². The molecule has 0 heterocycles. The summed E-state index contributed by atoms with van der Waals surface area (Å²) >= 11 is 0. The van der Waals surface area contributed by atoms with E-state index in [9.17, 15) is 14.4 Å². The predicted octanol–water partition coefficient (Wildman–Crippen LogP) is 4.89. The van der Waals surface area contributed by atoms with Crippen LogP contribution < -0.4 is 0 Å². The molecule has 0 radical (unpaired) electrons.